The van der Waals surface area contributed by atoms with Crippen molar-refractivity contribution in [3.05, 3.63) is 34.9 Å². The number of fused-ring (bicyclic) bond motifs is 1. The molecule has 1 aromatic rings. The van der Waals surface area contributed by atoms with E-state index in [-0.39, 0.29) is 12.7 Å². The second-order valence-electron chi connectivity index (χ2n) is 4.70. The van der Waals surface area contributed by atoms with Crippen molar-refractivity contribution in [1.82, 2.24) is 10.6 Å². The van der Waals surface area contributed by atoms with Gasteiger partial charge in [-0.2, -0.15) is 0 Å². The van der Waals surface area contributed by atoms with Crippen LogP contribution in [0.2, 0.25) is 0 Å². The third-order valence-corrected chi connectivity index (χ3v) is 3.44. The molecule has 1 saturated heterocycles. The average molecular weight is 260 g/mol. The summed E-state index contributed by atoms with van der Waals surface area (Å²) in [6, 6.07) is 5.70. The van der Waals surface area contributed by atoms with Crippen LogP contribution in [0.15, 0.2) is 29.3 Å². The Balaban J connectivity index is 1.61. The molecule has 0 saturated carbocycles. The normalized spacial score (nSPS) is 15.9. The van der Waals surface area contributed by atoms with Crippen molar-refractivity contribution in [1.29, 1.82) is 0 Å². The molecule has 2 heterocycles. The lowest BCUT2D eigenvalue weighted by molar-refractivity contribution is -0.117. The number of carbonyl (C=O) groups excluding carboxylic acids is 1. The fourth-order valence-corrected chi connectivity index (χ4v) is 2.04. The zero-order valence-corrected chi connectivity index (χ0v) is 10.8. The van der Waals surface area contributed by atoms with Gasteiger partial charge in [-0.3, -0.25) is 4.79 Å². The van der Waals surface area contributed by atoms with Gasteiger partial charge >= 0.3 is 0 Å². The van der Waals surface area contributed by atoms with Crippen LogP contribution in [0.4, 0.5) is 0 Å². The first-order valence-electron chi connectivity index (χ1n) is 6.30. The van der Waals surface area contributed by atoms with Crippen LogP contribution in [0, 0.1) is 0 Å². The first kappa shape index (κ1) is 12.0. The van der Waals surface area contributed by atoms with E-state index in [0.29, 0.717) is 6.54 Å². The van der Waals surface area contributed by atoms with E-state index in [2.05, 4.69) is 10.6 Å². The van der Waals surface area contributed by atoms with Gasteiger partial charge in [-0.1, -0.05) is 6.07 Å². The predicted molar refractivity (Wildman–Crippen MR) is 70.0 cm³/mol. The minimum Gasteiger partial charge on any atom is -0.454 e. The maximum absolute atomic E-state index is 11.9. The van der Waals surface area contributed by atoms with Crippen molar-refractivity contribution >= 4 is 5.91 Å². The van der Waals surface area contributed by atoms with Crippen LogP contribution in [-0.2, 0) is 11.3 Å². The third-order valence-electron chi connectivity index (χ3n) is 3.44. The first-order chi connectivity index (χ1) is 9.24. The van der Waals surface area contributed by atoms with Gasteiger partial charge in [0.15, 0.2) is 11.5 Å². The number of hydrogen-bond donors (Lipinski definition) is 2. The molecular weight excluding hydrogens is 244 g/mol. The lowest BCUT2D eigenvalue weighted by Crippen LogP contribution is -2.37. The largest absolute Gasteiger partial charge is 0.454 e. The van der Waals surface area contributed by atoms with Crippen LogP contribution < -0.4 is 20.1 Å². The van der Waals surface area contributed by atoms with Gasteiger partial charge in [0.25, 0.3) is 0 Å². The SMILES string of the molecule is CC(C(=O)NCc1ccc2c(c1)OCO2)=C1CNC1. The number of nitrogens with one attached hydrogen (secondary N) is 2. The summed E-state index contributed by atoms with van der Waals surface area (Å²) in [6.45, 7) is 4.27. The predicted octanol–water partition coefficient (Wildman–Crippen LogP) is 0.951. The highest BCUT2D eigenvalue weighted by atomic mass is 16.7. The standard InChI is InChI=1S/C14H16N2O3/c1-9(11-6-15-7-11)14(17)16-5-10-2-3-12-13(4-10)19-8-18-12/h2-4,15H,5-8H2,1H3,(H,16,17). The van der Waals surface area contributed by atoms with Crippen LogP contribution in [0.3, 0.4) is 0 Å². The summed E-state index contributed by atoms with van der Waals surface area (Å²) in [5.74, 6) is 1.49. The van der Waals surface area contributed by atoms with E-state index in [1.54, 1.807) is 0 Å². The van der Waals surface area contributed by atoms with Crippen molar-refractivity contribution in [2.45, 2.75) is 13.5 Å². The van der Waals surface area contributed by atoms with E-state index in [4.69, 9.17) is 9.47 Å². The van der Waals surface area contributed by atoms with Crippen LogP contribution in [0.25, 0.3) is 0 Å². The molecule has 3 rings (SSSR count). The highest BCUT2D eigenvalue weighted by molar-refractivity contribution is 5.93. The van der Waals surface area contributed by atoms with Gasteiger partial charge in [-0.05, 0) is 30.2 Å². The van der Waals surface area contributed by atoms with E-state index >= 15 is 0 Å². The molecular formula is C14H16N2O3. The zero-order valence-electron chi connectivity index (χ0n) is 10.8. The topological polar surface area (TPSA) is 59.6 Å². The summed E-state index contributed by atoms with van der Waals surface area (Å²) < 4.78 is 10.6. The number of hydrogen-bond acceptors (Lipinski definition) is 4. The van der Waals surface area contributed by atoms with Crippen molar-refractivity contribution < 1.29 is 14.3 Å². The van der Waals surface area contributed by atoms with Gasteiger partial charge in [0.1, 0.15) is 0 Å². The Morgan fingerprint density at radius 2 is 2.11 bits per heavy atom. The molecule has 19 heavy (non-hydrogen) atoms. The Morgan fingerprint density at radius 1 is 1.32 bits per heavy atom. The van der Waals surface area contributed by atoms with Crippen molar-refractivity contribution in [2.24, 2.45) is 0 Å². The van der Waals surface area contributed by atoms with E-state index in [0.717, 1.165) is 35.7 Å². The molecule has 5 heteroatoms. The molecule has 5 nitrogen and oxygen atoms in total. The molecule has 2 aliphatic heterocycles. The molecule has 0 unspecified atom stereocenters. The van der Waals surface area contributed by atoms with E-state index in [1.165, 1.54) is 5.57 Å². The monoisotopic (exact) mass is 260 g/mol. The van der Waals surface area contributed by atoms with Gasteiger partial charge in [-0.25, -0.2) is 0 Å². The summed E-state index contributed by atoms with van der Waals surface area (Å²) >= 11 is 0. The van der Waals surface area contributed by atoms with Crippen LogP contribution in [0.5, 0.6) is 11.5 Å². The molecule has 0 aliphatic carbocycles. The van der Waals surface area contributed by atoms with Crippen molar-refractivity contribution in [3.63, 3.8) is 0 Å². The second kappa shape index (κ2) is 4.93. The fourth-order valence-electron chi connectivity index (χ4n) is 2.04. The Bertz CT molecular complexity index is 546. The van der Waals surface area contributed by atoms with E-state index in [9.17, 15) is 4.79 Å². The minimum atomic E-state index is -0.00540. The smallest absolute Gasteiger partial charge is 0.247 e. The molecule has 0 bridgehead atoms. The molecule has 1 fully saturated rings. The number of carbonyl (C=O) groups is 1. The lowest BCUT2D eigenvalue weighted by Gasteiger charge is -2.21. The molecule has 0 atom stereocenters. The number of rotatable bonds is 3. The molecule has 2 aliphatic rings. The molecule has 0 aromatic heterocycles. The summed E-state index contributed by atoms with van der Waals surface area (Å²) in [5.41, 5.74) is 3.00. The number of amides is 1. The van der Waals surface area contributed by atoms with Crippen LogP contribution in [-0.4, -0.2) is 25.8 Å². The maximum atomic E-state index is 11.9. The third kappa shape index (κ3) is 2.42. The Hall–Kier alpha value is -2.01. The molecule has 0 spiro atoms. The highest BCUT2D eigenvalue weighted by Gasteiger charge is 2.16. The van der Waals surface area contributed by atoms with Gasteiger partial charge in [-0.15, -0.1) is 0 Å². The molecule has 100 valence electrons. The fraction of sp³-hybridized carbons (Fsp3) is 0.357. The van der Waals surface area contributed by atoms with Crippen molar-refractivity contribution in [2.75, 3.05) is 19.9 Å². The van der Waals surface area contributed by atoms with Gasteiger partial charge in [0, 0.05) is 25.2 Å². The molecule has 1 aromatic carbocycles. The zero-order chi connectivity index (χ0) is 13.2. The highest BCUT2D eigenvalue weighted by Crippen LogP contribution is 2.32. The molecule has 1 amide bonds. The summed E-state index contributed by atoms with van der Waals surface area (Å²) in [4.78, 5) is 11.9. The van der Waals surface area contributed by atoms with Crippen molar-refractivity contribution in [3.8, 4) is 11.5 Å². The lowest BCUT2D eigenvalue weighted by atomic mass is 10.0. The quantitative estimate of drug-likeness (QED) is 0.794. The molecule has 2 N–H and O–H groups in total. The minimum absolute atomic E-state index is 0.00540. The second-order valence-corrected chi connectivity index (χ2v) is 4.70. The Labute approximate surface area is 111 Å². The van der Waals surface area contributed by atoms with Gasteiger partial charge in [0.2, 0.25) is 12.7 Å². The first-order valence-corrected chi connectivity index (χ1v) is 6.30. The summed E-state index contributed by atoms with van der Waals surface area (Å²) in [5, 5.41) is 6.05. The Morgan fingerprint density at radius 3 is 2.84 bits per heavy atom. The average Bonchev–Trinajstić information content (AvgIpc) is 2.80. The summed E-state index contributed by atoms with van der Waals surface area (Å²) in [7, 11) is 0. The number of benzene rings is 1. The maximum Gasteiger partial charge on any atom is 0.247 e. The van der Waals surface area contributed by atoms with Crippen LogP contribution in [0.1, 0.15) is 12.5 Å². The summed E-state index contributed by atoms with van der Waals surface area (Å²) in [6.07, 6.45) is 0. The Kier molecular flexibility index (Phi) is 3.13. The van der Waals surface area contributed by atoms with Crippen LogP contribution >= 0.6 is 0 Å². The number of ether oxygens (including phenoxy) is 2. The molecule has 0 radical (unpaired) electrons. The van der Waals surface area contributed by atoms with E-state index in [1.807, 2.05) is 25.1 Å². The van der Waals surface area contributed by atoms with Gasteiger partial charge in [0.05, 0.1) is 0 Å². The van der Waals surface area contributed by atoms with Gasteiger partial charge < -0.3 is 20.1 Å². The van der Waals surface area contributed by atoms with E-state index < -0.39 is 0 Å².